The molecule has 0 amide bonds. The molecule has 1 heterocycles. The van der Waals surface area contributed by atoms with Crippen LogP contribution >= 0.6 is 0 Å². The van der Waals surface area contributed by atoms with Crippen LogP contribution in [0, 0.1) is 0 Å². The Balaban J connectivity index is 2.77. The second kappa shape index (κ2) is 3.13. The van der Waals surface area contributed by atoms with E-state index in [1.165, 1.54) is 0 Å². The Hall–Kier alpha value is -1.06. The van der Waals surface area contributed by atoms with Crippen LogP contribution in [0.3, 0.4) is 0 Å². The first-order valence-corrected chi connectivity index (χ1v) is 4.12. The van der Waals surface area contributed by atoms with Crippen LogP contribution in [0.2, 0.25) is 0 Å². The van der Waals surface area contributed by atoms with Crippen LogP contribution in [-0.4, -0.2) is 16.7 Å². The first-order valence-electron chi connectivity index (χ1n) is 4.12. The van der Waals surface area contributed by atoms with Crippen molar-refractivity contribution < 1.29 is 4.52 Å². The lowest BCUT2D eigenvalue weighted by atomic mass is 9.97. The molecule has 0 bridgehead atoms. The molecule has 0 atom stereocenters. The van der Waals surface area contributed by atoms with Crippen LogP contribution in [0.25, 0.3) is 0 Å². The Labute approximate surface area is 72.4 Å². The number of anilines is 1. The molecule has 0 aliphatic heterocycles. The van der Waals surface area contributed by atoms with Gasteiger partial charge in [0.15, 0.2) is 0 Å². The third-order valence-corrected chi connectivity index (χ3v) is 1.40. The van der Waals surface area contributed by atoms with Gasteiger partial charge in [0.25, 0.3) is 5.95 Å². The standard InChI is InChI=1S/C8H15N3O/c1-5-9-7-10-6(12-11-7)8(2,3)4/h5H2,1-4H3,(H,9,11). The maximum absolute atomic E-state index is 5.06. The summed E-state index contributed by atoms with van der Waals surface area (Å²) in [6.07, 6.45) is 0. The van der Waals surface area contributed by atoms with Gasteiger partial charge in [-0.05, 0) is 12.1 Å². The van der Waals surface area contributed by atoms with Crippen LogP contribution in [0.15, 0.2) is 4.52 Å². The monoisotopic (exact) mass is 169 g/mol. The van der Waals surface area contributed by atoms with E-state index >= 15 is 0 Å². The molecule has 0 unspecified atom stereocenters. The summed E-state index contributed by atoms with van der Waals surface area (Å²) in [7, 11) is 0. The smallest absolute Gasteiger partial charge is 0.263 e. The summed E-state index contributed by atoms with van der Waals surface area (Å²) in [6, 6.07) is 0. The van der Waals surface area contributed by atoms with Crippen molar-refractivity contribution in [2.24, 2.45) is 0 Å². The van der Waals surface area contributed by atoms with E-state index in [1.807, 2.05) is 27.7 Å². The number of nitrogens with zero attached hydrogens (tertiary/aromatic N) is 2. The third-order valence-electron chi connectivity index (χ3n) is 1.40. The molecule has 1 N–H and O–H groups in total. The van der Waals surface area contributed by atoms with Crippen molar-refractivity contribution >= 4 is 5.95 Å². The second-order valence-corrected chi connectivity index (χ2v) is 3.70. The fraction of sp³-hybridized carbons (Fsp3) is 0.750. The highest BCUT2D eigenvalue weighted by molar-refractivity contribution is 5.21. The van der Waals surface area contributed by atoms with Crippen LogP contribution < -0.4 is 5.32 Å². The Bertz CT molecular complexity index is 249. The molecule has 0 fully saturated rings. The minimum atomic E-state index is -0.0688. The van der Waals surface area contributed by atoms with E-state index in [0.717, 1.165) is 6.54 Å². The minimum Gasteiger partial charge on any atom is -0.352 e. The van der Waals surface area contributed by atoms with Crippen molar-refractivity contribution in [1.29, 1.82) is 0 Å². The van der Waals surface area contributed by atoms with Crippen molar-refractivity contribution in [3.8, 4) is 0 Å². The lowest BCUT2D eigenvalue weighted by molar-refractivity contribution is 0.321. The molecule has 4 heteroatoms. The summed E-state index contributed by atoms with van der Waals surface area (Å²) in [5, 5.41) is 6.76. The molecule has 0 saturated carbocycles. The molecule has 1 rings (SSSR count). The predicted molar refractivity (Wildman–Crippen MR) is 47.2 cm³/mol. The molecule has 0 spiro atoms. The van der Waals surface area contributed by atoms with Crippen molar-refractivity contribution in [2.45, 2.75) is 33.1 Å². The fourth-order valence-corrected chi connectivity index (χ4v) is 0.758. The largest absolute Gasteiger partial charge is 0.352 e. The van der Waals surface area contributed by atoms with Gasteiger partial charge in [-0.2, -0.15) is 4.98 Å². The van der Waals surface area contributed by atoms with Gasteiger partial charge in [-0.25, -0.2) is 0 Å². The van der Waals surface area contributed by atoms with E-state index in [-0.39, 0.29) is 5.41 Å². The molecule has 1 aromatic rings. The second-order valence-electron chi connectivity index (χ2n) is 3.70. The van der Waals surface area contributed by atoms with E-state index in [0.29, 0.717) is 11.8 Å². The maximum atomic E-state index is 5.06. The summed E-state index contributed by atoms with van der Waals surface area (Å²) in [4.78, 5) is 4.18. The first-order chi connectivity index (χ1) is 5.54. The highest BCUT2D eigenvalue weighted by atomic mass is 16.5. The molecule has 12 heavy (non-hydrogen) atoms. The Morgan fingerprint density at radius 1 is 1.42 bits per heavy atom. The lowest BCUT2D eigenvalue weighted by Gasteiger charge is -2.10. The zero-order chi connectivity index (χ0) is 9.19. The van der Waals surface area contributed by atoms with Gasteiger partial charge in [-0.15, -0.1) is 0 Å². The zero-order valence-electron chi connectivity index (χ0n) is 8.01. The van der Waals surface area contributed by atoms with Gasteiger partial charge in [0.1, 0.15) is 0 Å². The van der Waals surface area contributed by atoms with Gasteiger partial charge in [0, 0.05) is 12.0 Å². The van der Waals surface area contributed by atoms with Gasteiger partial charge in [0.05, 0.1) is 0 Å². The van der Waals surface area contributed by atoms with Crippen molar-refractivity contribution in [3.63, 3.8) is 0 Å². The van der Waals surface area contributed by atoms with Gasteiger partial charge < -0.3 is 9.84 Å². The summed E-state index contributed by atoms with van der Waals surface area (Å²) >= 11 is 0. The molecule has 0 aromatic carbocycles. The molecule has 4 nitrogen and oxygen atoms in total. The van der Waals surface area contributed by atoms with E-state index in [2.05, 4.69) is 15.5 Å². The molecular weight excluding hydrogens is 154 g/mol. The average Bonchev–Trinajstić information content (AvgIpc) is 2.35. The SMILES string of the molecule is CCNc1noc(C(C)(C)C)n1. The summed E-state index contributed by atoms with van der Waals surface area (Å²) in [5.41, 5.74) is -0.0688. The highest BCUT2D eigenvalue weighted by Gasteiger charge is 2.21. The summed E-state index contributed by atoms with van der Waals surface area (Å²) in [6.45, 7) is 8.92. The zero-order valence-corrected chi connectivity index (χ0v) is 8.01. The Kier molecular flexibility index (Phi) is 2.35. The minimum absolute atomic E-state index is 0.0688. The van der Waals surface area contributed by atoms with Crippen LogP contribution in [-0.2, 0) is 5.41 Å². The number of aromatic nitrogens is 2. The molecule has 0 radical (unpaired) electrons. The van der Waals surface area contributed by atoms with Gasteiger partial charge >= 0.3 is 0 Å². The van der Waals surface area contributed by atoms with E-state index < -0.39 is 0 Å². The Morgan fingerprint density at radius 3 is 2.50 bits per heavy atom. The molecule has 1 aromatic heterocycles. The molecule has 0 aliphatic rings. The van der Waals surface area contributed by atoms with E-state index in [4.69, 9.17) is 4.52 Å². The molecule has 0 saturated heterocycles. The normalized spacial score (nSPS) is 11.7. The molecular formula is C8H15N3O. The number of hydrogen-bond donors (Lipinski definition) is 1. The summed E-state index contributed by atoms with van der Waals surface area (Å²) in [5.74, 6) is 1.24. The number of rotatable bonds is 2. The fourth-order valence-electron chi connectivity index (χ4n) is 0.758. The topological polar surface area (TPSA) is 51.0 Å². The first kappa shape index (κ1) is 9.03. The number of nitrogens with one attached hydrogen (secondary N) is 1. The van der Waals surface area contributed by atoms with Gasteiger partial charge in [-0.1, -0.05) is 20.8 Å². The third kappa shape index (κ3) is 1.96. The summed E-state index contributed by atoms with van der Waals surface area (Å²) < 4.78 is 5.06. The molecule has 68 valence electrons. The number of hydrogen-bond acceptors (Lipinski definition) is 4. The van der Waals surface area contributed by atoms with Gasteiger partial charge in [-0.3, -0.25) is 0 Å². The van der Waals surface area contributed by atoms with Crippen molar-refractivity contribution in [2.75, 3.05) is 11.9 Å². The van der Waals surface area contributed by atoms with Gasteiger partial charge in [0.2, 0.25) is 5.89 Å². The quantitative estimate of drug-likeness (QED) is 0.733. The predicted octanol–water partition coefficient (Wildman–Crippen LogP) is 1.80. The lowest BCUT2D eigenvalue weighted by Crippen LogP contribution is -2.11. The van der Waals surface area contributed by atoms with Crippen molar-refractivity contribution in [3.05, 3.63) is 5.89 Å². The Morgan fingerprint density at radius 2 is 2.08 bits per heavy atom. The molecule has 0 aliphatic carbocycles. The van der Waals surface area contributed by atoms with E-state index in [1.54, 1.807) is 0 Å². The van der Waals surface area contributed by atoms with Crippen LogP contribution in [0.4, 0.5) is 5.95 Å². The maximum Gasteiger partial charge on any atom is 0.263 e. The van der Waals surface area contributed by atoms with Crippen LogP contribution in [0.1, 0.15) is 33.6 Å². The van der Waals surface area contributed by atoms with Crippen LogP contribution in [0.5, 0.6) is 0 Å². The van der Waals surface area contributed by atoms with Crippen molar-refractivity contribution in [1.82, 2.24) is 10.1 Å². The highest BCUT2D eigenvalue weighted by Crippen LogP contribution is 2.20. The average molecular weight is 169 g/mol. The van der Waals surface area contributed by atoms with E-state index in [9.17, 15) is 0 Å².